The summed E-state index contributed by atoms with van der Waals surface area (Å²) in [5, 5.41) is 30.7. The molecule has 102 valence electrons. The number of hydrogen-bond donors (Lipinski definition) is 2. The van der Waals surface area contributed by atoms with E-state index in [2.05, 4.69) is 20.4 Å². The van der Waals surface area contributed by atoms with Crippen LogP contribution in [0.25, 0.3) is 0 Å². The molecule has 0 aromatic carbocycles. The Morgan fingerprint density at radius 1 is 1.47 bits per heavy atom. The number of aliphatic hydroxyl groups excluding tert-OH is 2. The van der Waals surface area contributed by atoms with Gasteiger partial charge in [-0.1, -0.05) is 5.21 Å². The van der Waals surface area contributed by atoms with Crippen LogP contribution in [-0.2, 0) is 11.3 Å². The summed E-state index contributed by atoms with van der Waals surface area (Å²) in [6.45, 7) is 0.261. The van der Waals surface area contributed by atoms with Crippen molar-refractivity contribution in [3.05, 3.63) is 24.5 Å². The molecule has 9 heteroatoms. The van der Waals surface area contributed by atoms with E-state index in [1.54, 1.807) is 21.9 Å². The predicted octanol–water partition coefficient (Wildman–Crippen LogP) is -1.44. The van der Waals surface area contributed by atoms with Crippen molar-refractivity contribution < 1.29 is 14.9 Å². The molecule has 3 heterocycles. The Balaban J connectivity index is 1.68. The molecule has 0 spiro atoms. The molecule has 0 bridgehead atoms. The SMILES string of the molecule is OC[C@H]1O[C@@H](n2cc(Cn3cncn3)nn2)C[C@@H]1O. The minimum absolute atomic E-state index is 0.210. The lowest BCUT2D eigenvalue weighted by atomic mass is 10.2. The molecule has 0 unspecified atom stereocenters. The van der Waals surface area contributed by atoms with Crippen molar-refractivity contribution in [3.8, 4) is 0 Å². The standard InChI is InChI=1S/C10H14N6O3/c17-4-9-8(18)1-10(19-9)16-3-7(13-14-16)2-15-6-11-5-12-15/h3,5-6,8-10,17-18H,1-2,4H2/t8-,9+,10+/m0/s1. The molecule has 2 aromatic heterocycles. The molecule has 3 atom stereocenters. The van der Waals surface area contributed by atoms with Crippen LogP contribution in [0.1, 0.15) is 18.3 Å². The van der Waals surface area contributed by atoms with Crippen LogP contribution in [0.2, 0.25) is 0 Å². The van der Waals surface area contributed by atoms with Crippen LogP contribution in [0.4, 0.5) is 0 Å². The summed E-state index contributed by atoms with van der Waals surface area (Å²) in [5.74, 6) is 0. The highest BCUT2D eigenvalue weighted by Crippen LogP contribution is 2.27. The molecule has 2 aromatic rings. The summed E-state index contributed by atoms with van der Waals surface area (Å²) in [5.41, 5.74) is 0.719. The van der Waals surface area contributed by atoms with Crippen molar-refractivity contribution in [1.82, 2.24) is 29.8 Å². The third-order valence-corrected chi connectivity index (χ3v) is 3.03. The zero-order valence-corrected chi connectivity index (χ0v) is 10.1. The second kappa shape index (κ2) is 5.03. The lowest BCUT2D eigenvalue weighted by Gasteiger charge is -2.11. The highest BCUT2D eigenvalue weighted by atomic mass is 16.5. The number of rotatable bonds is 4. The van der Waals surface area contributed by atoms with Crippen LogP contribution in [0.3, 0.4) is 0 Å². The minimum Gasteiger partial charge on any atom is -0.394 e. The van der Waals surface area contributed by atoms with Crippen LogP contribution in [0, 0.1) is 0 Å². The van der Waals surface area contributed by atoms with Crippen molar-refractivity contribution in [1.29, 1.82) is 0 Å². The Kier molecular flexibility index (Phi) is 3.23. The predicted molar refractivity (Wildman–Crippen MR) is 60.8 cm³/mol. The van der Waals surface area contributed by atoms with Crippen LogP contribution < -0.4 is 0 Å². The molecule has 9 nitrogen and oxygen atoms in total. The third-order valence-electron chi connectivity index (χ3n) is 3.03. The van der Waals surface area contributed by atoms with E-state index in [9.17, 15) is 5.11 Å². The number of aliphatic hydroxyl groups is 2. The van der Waals surface area contributed by atoms with Gasteiger partial charge in [0.2, 0.25) is 0 Å². The topological polar surface area (TPSA) is 111 Å². The molecule has 0 amide bonds. The highest BCUT2D eigenvalue weighted by molar-refractivity contribution is 4.94. The second-order valence-corrected chi connectivity index (χ2v) is 4.40. The van der Waals surface area contributed by atoms with Gasteiger partial charge in [0.25, 0.3) is 0 Å². The lowest BCUT2D eigenvalue weighted by Crippen LogP contribution is -2.24. The molecule has 1 saturated heterocycles. The Morgan fingerprint density at radius 2 is 2.37 bits per heavy atom. The Labute approximate surface area is 108 Å². The van der Waals surface area contributed by atoms with Gasteiger partial charge in [0.05, 0.1) is 25.5 Å². The first-order chi connectivity index (χ1) is 9.26. The third kappa shape index (κ3) is 2.48. The van der Waals surface area contributed by atoms with E-state index in [0.29, 0.717) is 13.0 Å². The summed E-state index contributed by atoms with van der Waals surface area (Å²) in [6, 6.07) is 0. The maximum Gasteiger partial charge on any atom is 0.155 e. The summed E-state index contributed by atoms with van der Waals surface area (Å²) >= 11 is 0. The summed E-state index contributed by atoms with van der Waals surface area (Å²) < 4.78 is 8.66. The highest BCUT2D eigenvalue weighted by Gasteiger charge is 2.35. The summed E-state index contributed by atoms with van der Waals surface area (Å²) in [7, 11) is 0. The molecule has 19 heavy (non-hydrogen) atoms. The first-order valence-corrected chi connectivity index (χ1v) is 5.94. The Hall–Kier alpha value is -1.84. The molecular weight excluding hydrogens is 252 g/mol. The maximum atomic E-state index is 9.67. The van der Waals surface area contributed by atoms with Gasteiger partial charge in [-0.05, 0) is 0 Å². The zero-order valence-electron chi connectivity index (χ0n) is 10.1. The van der Waals surface area contributed by atoms with E-state index < -0.39 is 18.4 Å². The van der Waals surface area contributed by atoms with Crippen molar-refractivity contribution in [2.24, 2.45) is 0 Å². The van der Waals surface area contributed by atoms with E-state index in [0.717, 1.165) is 5.69 Å². The van der Waals surface area contributed by atoms with Crippen LogP contribution in [0.15, 0.2) is 18.9 Å². The number of aromatic nitrogens is 6. The molecule has 3 rings (SSSR count). The summed E-state index contributed by atoms with van der Waals surface area (Å²) in [6.07, 6.45) is 3.52. The molecule has 0 saturated carbocycles. The van der Waals surface area contributed by atoms with E-state index >= 15 is 0 Å². The van der Waals surface area contributed by atoms with Crippen molar-refractivity contribution in [2.75, 3.05) is 6.61 Å². The van der Waals surface area contributed by atoms with Gasteiger partial charge in [0, 0.05) is 6.42 Å². The first kappa shape index (κ1) is 12.2. The van der Waals surface area contributed by atoms with Crippen molar-refractivity contribution in [2.45, 2.75) is 31.4 Å². The van der Waals surface area contributed by atoms with Gasteiger partial charge in [0.1, 0.15) is 24.5 Å². The Morgan fingerprint density at radius 3 is 3.05 bits per heavy atom. The van der Waals surface area contributed by atoms with E-state index in [-0.39, 0.29) is 6.61 Å². The fourth-order valence-electron chi connectivity index (χ4n) is 2.05. The van der Waals surface area contributed by atoms with Gasteiger partial charge in [0.15, 0.2) is 6.23 Å². The quantitative estimate of drug-likeness (QED) is 0.697. The van der Waals surface area contributed by atoms with Gasteiger partial charge in [-0.25, -0.2) is 14.3 Å². The van der Waals surface area contributed by atoms with Crippen LogP contribution in [-0.4, -0.2) is 58.8 Å². The molecular formula is C10H14N6O3. The summed E-state index contributed by atoms with van der Waals surface area (Å²) in [4.78, 5) is 3.84. The van der Waals surface area contributed by atoms with E-state index in [1.807, 2.05) is 0 Å². The average molecular weight is 266 g/mol. The normalized spacial score (nSPS) is 26.9. The van der Waals surface area contributed by atoms with Gasteiger partial charge in [-0.2, -0.15) is 5.10 Å². The van der Waals surface area contributed by atoms with Gasteiger partial charge < -0.3 is 14.9 Å². The van der Waals surface area contributed by atoms with Crippen molar-refractivity contribution in [3.63, 3.8) is 0 Å². The smallest absolute Gasteiger partial charge is 0.155 e. The molecule has 0 aliphatic carbocycles. The monoisotopic (exact) mass is 266 g/mol. The van der Waals surface area contributed by atoms with E-state index in [4.69, 9.17) is 9.84 Å². The Bertz CT molecular complexity index is 527. The molecule has 1 fully saturated rings. The number of ether oxygens (including phenoxy) is 1. The fourth-order valence-corrected chi connectivity index (χ4v) is 2.05. The molecule has 0 radical (unpaired) electrons. The van der Waals surface area contributed by atoms with Crippen LogP contribution >= 0.6 is 0 Å². The number of nitrogens with zero attached hydrogens (tertiary/aromatic N) is 6. The molecule has 1 aliphatic heterocycles. The van der Waals surface area contributed by atoms with Crippen molar-refractivity contribution >= 4 is 0 Å². The average Bonchev–Trinajstić information content (AvgIpc) is 3.10. The van der Waals surface area contributed by atoms with Crippen LogP contribution in [0.5, 0.6) is 0 Å². The first-order valence-electron chi connectivity index (χ1n) is 5.94. The fraction of sp³-hybridized carbons (Fsp3) is 0.600. The molecule has 2 N–H and O–H groups in total. The zero-order chi connectivity index (χ0) is 13.2. The van der Waals surface area contributed by atoms with Gasteiger partial charge in [-0.15, -0.1) is 5.10 Å². The minimum atomic E-state index is -0.682. The lowest BCUT2D eigenvalue weighted by molar-refractivity contribution is -0.0489. The van der Waals surface area contributed by atoms with Gasteiger partial charge in [-0.3, -0.25) is 0 Å². The largest absolute Gasteiger partial charge is 0.394 e. The number of hydrogen-bond acceptors (Lipinski definition) is 7. The van der Waals surface area contributed by atoms with Gasteiger partial charge >= 0.3 is 0 Å². The molecule has 1 aliphatic rings. The van der Waals surface area contributed by atoms with E-state index in [1.165, 1.54) is 6.33 Å². The second-order valence-electron chi connectivity index (χ2n) is 4.40. The maximum absolute atomic E-state index is 9.67.